The van der Waals surface area contributed by atoms with Gasteiger partial charge in [0, 0.05) is 37.5 Å². The summed E-state index contributed by atoms with van der Waals surface area (Å²) in [4.78, 5) is 50.0. The number of ketones is 1. The third-order valence-electron chi connectivity index (χ3n) is 13.1. The smallest absolute Gasteiger partial charge is 0.407 e. The van der Waals surface area contributed by atoms with E-state index < -0.39 is 153 Å². The zero-order valence-electron chi connectivity index (χ0n) is 44.0. The van der Waals surface area contributed by atoms with Crippen molar-refractivity contribution in [2.24, 2.45) is 11.8 Å². The summed E-state index contributed by atoms with van der Waals surface area (Å²) in [5.74, 6) is -4.25. The van der Waals surface area contributed by atoms with Gasteiger partial charge < -0.3 is 90.7 Å². The summed E-state index contributed by atoms with van der Waals surface area (Å²) in [7, 11) is 0. The molecule has 2 bridgehead atoms. The number of esters is 1. The molecule has 0 radical (unpaired) electrons. The molecule has 2 fully saturated rings. The first-order valence-corrected chi connectivity index (χ1v) is 25.7. The lowest BCUT2D eigenvalue weighted by atomic mass is 9.87. The van der Waals surface area contributed by atoms with E-state index in [0.29, 0.717) is 0 Å². The van der Waals surface area contributed by atoms with Gasteiger partial charge in [0.05, 0.1) is 86.1 Å². The van der Waals surface area contributed by atoms with Crippen molar-refractivity contribution in [1.82, 2.24) is 16.0 Å². The molecular formula is C54H83N3O19. The third kappa shape index (κ3) is 23.4. The molecule has 0 spiro atoms. The van der Waals surface area contributed by atoms with Gasteiger partial charge in [-0.3, -0.25) is 9.59 Å². The lowest BCUT2D eigenvalue weighted by molar-refractivity contribution is -0.303. The summed E-state index contributed by atoms with van der Waals surface area (Å²) < 4.78 is 28.8. The summed E-state index contributed by atoms with van der Waals surface area (Å²) in [5.41, 5.74) is 0. The number of rotatable bonds is 8. The van der Waals surface area contributed by atoms with Gasteiger partial charge in [0.25, 0.3) is 0 Å². The van der Waals surface area contributed by atoms with Crippen molar-refractivity contribution in [1.29, 1.82) is 0 Å². The number of ether oxygens (including phenoxy) is 5. The molecule has 2 saturated heterocycles. The van der Waals surface area contributed by atoms with Crippen LogP contribution in [0.1, 0.15) is 86.0 Å². The molecular weight excluding hydrogens is 995 g/mol. The van der Waals surface area contributed by atoms with Crippen molar-refractivity contribution >= 4 is 23.9 Å². The predicted molar refractivity (Wildman–Crippen MR) is 277 cm³/mol. The molecule has 428 valence electrons. The third-order valence-corrected chi connectivity index (χ3v) is 13.1. The normalized spacial score (nSPS) is 40.3. The van der Waals surface area contributed by atoms with E-state index in [9.17, 15) is 70.2 Å². The van der Waals surface area contributed by atoms with E-state index in [-0.39, 0.29) is 50.5 Å². The van der Waals surface area contributed by atoms with Crippen LogP contribution in [0.3, 0.4) is 0 Å². The summed E-state index contributed by atoms with van der Waals surface area (Å²) in [5, 5.41) is 118. The Labute approximate surface area is 444 Å². The van der Waals surface area contributed by atoms with Crippen LogP contribution in [-0.2, 0) is 33.3 Å². The van der Waals surface area contributed by atoms with Gasteiger partial charge in [-0.1, -0.05) is 112 Å². The van der Waals surface area contributed by atoms with Gasteiger partial charge in [0.15, 0.2) is 12.1 Å². The number of urea groups is 1. The molecule has 0 aromatic rings. The molecule has 0 aromatic heterocycles. The minimum atomic E-state index is -2.35. The molecule has 3 aliphatic heterocycles. The average molecular weight is 1080 g/mol. The second-order valence-electron chi connectivity index (χ2n) is 19.7. The molecule has 3 amide bonds. The standard InChI is InChI=1S/C54H83N3O19/c1-7-24-72-53(70)57-47-49(67)36(6)74-51(50(47)68)75-40-21-19-17-15-13-11-9-8-10-12-14-16-18-20-32(2)48(66)34(4)35(5)73-45(65)27-38(60)25-37(59)22-23-41(62)42(63)26-39(61)29-54(71)30-43(64)46(44(28-40)76-54)56-52(69)55-31-33(3)58/h7-21,32,34-44,46-51,59-64,66-68,71H,1,22-31H2,2-6H3,(H,57,70)(H2,55,56,69)/b9-8+,12-10+,13-11+,16-14+,17-15+,20-18+,21-19+/t32-,34-,35?,36+,37+,38+,39-,40-,41+,42+,43-,44-,46+,47-,48+,49+,50-,51-,54+/m0/s1. The number of hydrogen-bond donors (Lipinski definition) is 13. The zero-order valence-corrected chi connectivity index (χ0v) is 44.0. The minimum Gasteiger partial charge on any atom is -0.462 e. The van der Waals surface area contributed by atoms with E-state index in [1.807, 2.05) is 13.0 Å². The molecule has 22 heteroatoms. The Hall–Kier alpha value is -4.92. The maximum absolute atomic E-state index is 13.1. The van der Waals surface area contributed by atoms with Crippen LogP contribution in [0.25, 0.3) is 0 Å². The lowest BCUT2D eigenvalue weighted by Crippen LogP contribution is -2.65. The SMILES string of the molecule is C=CCOC(=O)N[C@@H]1[C@H](O)[C@H](O[C@H]2/C=C/C=C/C=C/C=C/C=C/C=C/C=C/[C@H](C)[C@@H](O)[C@@H](C)C(C)OC(=O)C[C@H](O)C[C@H](O)CC[C@@H](O)[C@H](O)C[C@H](O)C[C@]3(O)C[C@H](O)[C@@H](NC(=O)NCC(C)=O)[C@H](C2)O3)O[C@H](C)[C@H]1O. The fraction of sp³-hybridized carbons (Fsp3) is 0.630. The number of fused-ring (bicyclic) bond motifs is 2. The number of Topliss-reactive ketones (excluding diaryl/α,β-unsaturated/α-hetero) is 1. The van der Waals surface area contributed by atoms with Gasteiger partial charge in [-0.2, -0.15) is 0 Å². The molecule has 3 rings (SSSR count). The topological polar surface area (TPSA) is 353 Å². The van der Waals surface area contributed by atoms with Gasteiger partial charge in [0.2, 0.25) is 0 Å². The van der Waals surface area contributed by atoms with Crippen LogP contribution in [0.15, 0.2) is 97.7 Å². The van der Waals surface area contributed by atoms with E-state index in [4.69, 9.17) is 23.7 Å². The van der Waals surface area contributed by atoms with E-state index in [1.54, 1.807) is 86.8 Å². The molecule has 0 saturated carbocycles. The number of hydrogen-bond acceptors (Lipinski definition) is 19. The second-order valence-corrected chi connectivity index (χ2v) is 19.7. The highest BCUT2D eigenvalue weighted by Gasteiger charge is 2.50. The highest BCUT2D eigenvalue weighted by molar-refractivity contribution is 5.83. The molecule has 22 nitrogen and oxygen atoms in total. The molecule has 3 aliphatic rings. The molecule has 1 unspecified atom stereocenters. The molecule has 0 aliphatic carbocycles. The van der Waals surface area contributed by atoms with Crippen LogP contribution < -0.4 is 16.0 Å². The quantitative estimate of drug-likeness (QED) is 0.120. The fourth-order valence-corrected chi connectivity index (χ4v) is 8.69. The summed E-state index contributed by atoms with van der Waals surface area (Å²) in [6.07, 6.45) is 2.75. The van der Waals surface area contributed by atoms with Crippen LogP contribution in [0.2, 0.25) is 0 Å². The molecule has 0 aromatic carbocycles. The van der Waals surface area contributed by atoms with Crippen molar-refractivity contribution in [2.45, 2.75) is 189 Å². The number of aliphatic hydroxyl groups is 10. The Bertz CT molecular complexity index is 2030. The number of alkyl carbamates (subject to hydrolysis) is 1. The van der Waals surface area contributed by atoms with Crippen molar-refractivity contribution in [3.63, 3.8) is 0 Å². The van der Waals surface area contributed by atoms with E-state index in [2.05, 4.69) is 22.5 Å². The number of allylic oxidation sites excluding steroid dienone is 12. The number of cyclic esters (lactones) is 1. The molecule has 3 heterocycles. The molecule has 76 heavy (non-hydrogen) atoms. The first-order chi connectivity index (χ1) is 35.9. The Morgan fingerprint density at radius 1 is 0.697 bits per heavy atom. The summed E-state index contributed by atoms with van der Waals surface area (Å²) >= 11 is 0. The van der Waals surface area contributed by atoms with Crippen molar-refractivity contribution in [3.8, 4) is 0 Å². The van der Waals surface area contributed by atoms with Crippen LogP contribution in [-0.4, -0.2) is 192 Å². The highest BCUT2D eigenvalue weighted by Crippen LogP contribution is 2.35. The fourth-order valence-electron chi connectivity index (χ4n) is 8.69. The Morgan fingerprint density at radius 2 is 1.30 bits per heavy atom. The zero-order chi connectivity index (χ0) is 56.5. The van der Waals surface area contributed by atoms with Gasteiger partial charge in [0.1, 0.15) is 30.7 Å². The lowest BCUT2D eigenvalue weighted by Gasteiger charge is -2.46. The van der Waals surface area contributed by atoms with Crippen molar-refractivity contribution < 1.29 is 93.9 Å². The van der Waals surface area contributed by atoms with E-state index >= 15 is 0 Å². The molecule has 19 atom stereocenters. The van der Waals surface area contributed by atoms with Gasteiger partial charge >= 0.3 is 18.1 Å². The number of amides is 3. The Kier molecular flexibility index (Phi) is 28.7. The van der Waals surface area contributed by atoms with Gasteiger partial charge in [-0.25, -0.2) is 9.59 Å². The number of carbonyl (C=O) groups excluding carboxylic acids is 4. The first-order valence-electron chi connectivity index (χ1n) is 25.7. The largest absolute Gasteiger partial charge is 0.462 e. The second kappa shape index (κ2) is 33.4. The molecule has 13 N–H and O–H groups in total. The first kappa shape index (κ1) is 65.4. The van der Waals surface area contributed by atoms with Crippen molar-refractivity contribution in [2.75, 3.05) is 13.2 Å². The summed E-state index contributed by atoms with van der Waals surface area (Å²) in [6.45, 7) is 10.9. The van der Waals surface area contributed by atoms with E-state index in [1.165, 1.54) is 26.0 Å². The van der Waals surface area contributed by atoms with Gasteiger partial charge in [-0.05, 0) is 40.0 Å². The van der Waals surface area contributed by atoms with Crippen LogP contribution in [0.4, 0.5) is 9.59 Å². The predicted octanol–water partition coefficient (Wildman–Crippen LogP) is 1.22. The monoisotopic (exact) mass is 1080 g/mol. The minimum absolute atomic E-state index is 0.130. The average Bonchev–Trinajstić information content (AvgIpc) is 3.34. The van der Waals surface area contributed by atoms with Crippen molar-refractivity contribution in [3.05, 3.63) is 97.7 Å². The van der Waals surface area contributed by atoms with Crippen LogP contribution in [0, 0.1) is 11.8 Å². The highest BCUT2D eigenvalue weighted by atomic mass is 16.7. The summed E-state index contributed by atoms with van der Waals surface area (Å²) in [6, 6.07) is -3.56. The Morgan fingerprint density at radius 3 is 1.91 bits per heavy atom. The van der Waals surface area contributed by atoms with Crippen LogP contribution in [0.5, 0.6) is 0 Å². The van der Waals surface area contributed by atoms with Gasteiger partial charge in [-0.15, -0.1) is 0 Å². The Balaban J connectivity index is 1.98. The maximum atomic E-state index is 13.1. The number of aliphatic hydroxyl groups excluding tert-OH is 9. The van der Waals surface area contributed by atoms with E-state index in [0.717, 1.165) is 0 Å². The van der Waals surface area contributed by atoms with Crippen LogP contribution >= 0.6 is 0 Å². The maximum Gasteiger partial charge on any atom is 0.407 e. The number of carbonyl (C=O) groups is 4. The number of nitrogens with one attached hydrogen (secondary N) is 3.